The van der Waals surface area contributed by atoms with Gasteiger partial charge in [0.1, 0.15) is 0 Å². The van der Waals surface area contributed by atoms with Crippen LogP contribution >= 0.6 is 0 Å². The molecule has 0 aliphatic carbocycles. The van der Waals surface area contributed by atoms with Gasteiger partial charge in [0, 0.05) is 14.2 Å². The molecule has 0 rings (SSSR count). The van der Waals surface area contributed by atoms with E-state index < -0.39 is 5.41 Å². The molecule has 0 aromatic carbocycles. The Morgan fingerprint density at radius 2 is 1.57 bits per heavy atom. The normalized spacial score (nSPS) is 12.0. The number of aliphatic hydroxyl groups is 2. The molecule has 0 aromatic heterocycles. The summed E-state index contributed by atoms with van der Waals surface area (Å²) in [6.07, 6.45) is 0. The SMILES string of the molecule is COCC(CO)(COC)COCCO. The summed E-state index contributed by atoms with van der Waals surface area (Å²) >= 11 is 0. The van der Waals surface area contributed by atoms with Gasteiger partial charge in [-0.15, -0.1) is 0 Å². The molecule has 0 aliphatic rings. The summed E-state index contributed by atoms with van der Waals surface area (Å²) in [5.74, 6) is 0. The summed E-state index contributed by atoms with van der Waals surface area (Å²) in [5.41, 5.74) is -0.529. The van der Waals surface area contributed by atoms with Crippen LogP contribution in [-0.2, 0) is 14.2 Å². The molecule has 0 amide bonds. The molecule has 0 aromatic rings. The second-order valence-electron chi connectivity index (χ2n) is 3.30. The van der Waals surface area contributed by atoms with Gasteiger partial charge in [0.2, 0.25) is 0 Å². The van der Waals surface area contributed by atoms with Gasteiger partial charge in [-0.25, -0.2) is 0 Å². The smallest absolute Gasteiger partial charge is 0.0698 e. The van der Waals surface area contributed by atoms with Crippen LogP contribution in [0.4, 0.5) is 0 Å². The molecule has 0 aliphatic heterocycles. The number of ether oxygens (including phenoxy) is 3. The summed E-state index contributed by atoms with van der Waals surface area (Å²) < 4.78 is 15.2. The highest BCUT2D eigenvalue weighted by Gasteiger charge is 2.30. The molecular formula is C9H20O5. The molecule has 0 fully saturated rings. The summed E-state index contributed by atoms with van der Waals surface area (Å²) in [5, 5.41) is 17.8. The zero-order valence-electron chi connectivity index (χ0n) is 8.86. The van der Waals surface area contributed by atoms with Crippen molar-refractivity contribution in [3.8, 4) is 0 Å². The fourth-order valence-electron chi connectivity index (χ4n) is 1.23. The fourth-order valence-corrected chi connectivity index (χ4v) is 1.23. The zero-order valence-corrected chi connectivity index (χ0v) is 8.86. The van der Waals surface area contributed by atoms with E-state index in [9.17, 15) is 5.11 Å². The maximum absolute atomic E-state index is 9.24. The van der Waals surface area contributed by atoms with Crippen molar-refractivity contribution in [1.29, 1.82) is 0 Å². The van der Waals surface area contributed by atoms with E-state index in [2.05, 4.69) is 0 Å². The van der Waals surface area contributed by atoms with Gasteiger partial charge >= 0.3 is 0 Å². The molecule has 0 heterocycles. The lowest BCUT2D eigenvalue weighted by atomic mass is 9.92. The van der Waals surface area contributed by atoms with E-state index in [4.69, 9.17) is 19.3 Å². The Labute approximate surface area is 84.6 Å². The van der Waals surface area contributed by atoms with Gasteiger partial charge in [-0.1, -0.05) is 0 Å². The maximum Gasteiger partial charge on any atom is 0.0698 e. The Balaban J connectivity index is 4.03. The van der Waals surface area contributed by atoms with Crippen LogP contribution in [0.5, 0.6) is 0 Å². The Bertz CT molecular complexity index is 122. The molecule has 5 heteroatoms. The lowest BCUT2D eigenvalue weighted by Gasteiger charge is -2.29. The lowest BCUT2D eigenvalue weighted by molar-refractivity contribution is -0.0801. The van der Waals surface area contributed by atoms with Gasteiger partial charge in [0.15, 0.2) is 0 Å². The Hall–Kier alpha value is -0.200. The third-order valence-electron chi connectivity index (χ3n) is 1.88. The number of aliphatic hydroxyl groups excluding tert-OH is 2. The maximum atomic E-state index is 9.24. The van der Waals surface area contributed by atoms with Crippen LogP contribution < -0.4 is 0 Å². The average molecular weight is 208 g/mol. The van der Waals surface area contributed by atoms with Crippen molar-refractivity contribution in [2.24, 2.45) is 5.41 Å². The van der Waals surface area contributed by atoms with E-state index in [1.807, 2.05) is 0 Å². The lowest BCUT2D eigenvalue weighted by Crippen LogP contribution is -2.40. The standard InChI is InChI=1S/C9H20O5/c1-12-6-9(5-11,7-13-2)8-14-4-3-10/h10-11H,3-8H2,1-2H3. The minimum atomic E-state index is -0.529. The molecule has 0 atom stereocenters. The van der Waals surface area contributed by atoms with Gasteiger partial charge in [0.05, 0.1) is 45.1 Å². The first-order valence-electron chi connectivity index (χ1n) is 4.52. The molecular weight excluding hydrogens is 188 g/mol. The number of hydrogen-bond donors (Lipinski definition) is 2. The summed E-state index contributed by atoms with van der Waals surface area (Å²) in [6.45, 7) is 1.20. The van der Waals surface area contributed by atoms with Crippen molar-refractivity contribution in [2.75, 3.05) is 53.9 Å². The number of hydrogen-bond acceptors (Lipinski definition) is 5. The first-order chi connectivity index (χ1) is 6.74. The van der Waals surface area contributed by atoms with E-state index in [-0.39, 0.29) is 19.8 Å². The summed E-state index contributed by atoms with van der Waals surface area (Å²) in [6, 6.07) is 0. The molecule has 0 bridgehead atoms. The van der Waals surface area contributed by atoms with Gasteiger partial charge in [-0.2, -0.15) is 0 Å². The van der Waals surface area contributed by atoms with Crippen LogP contribution in [0.25, 0.3) is 0 Å². The van der Waals surface area contributed by atoms with Crippen LogP contribution in [0, 0.1) is 5.41 Å². The quantitative estimate of drug-likeness (QED) is 0.489. The van der Waals surface area contributed by atoms with Crippen molar-refractivity contribution >= 4 is 0 Å². The molecule has 0 radical (unpaired) electrons. The third kappa shape index (κ3) is 4.88. The van der Waals surface area contributed by atoms with Crippen LogP contribution in [0.2, 0.25) is 0 Å². The predicted molar refractivity (Wildman–Crippen MR) is 51.2 cm³/mol. The van der Waals surface area contributed by atoms with Gasteiger partial charge < -0.3 is 24.4 Å². The molecule has 2 N–H and O–H groups in total. The van der Waals surface area contributed by atoms with Crippen LogP contribution in [0.3, 0.4) is 0 Å². The molecule has 5 nitrogen and oxygen atoms in total. The van der Waals surface area contributed by atoms with Crippen LogP contribution in [-0.4, -0.2) is 64.1 Å². The minimum absolute atomic E-state index is 0.0263. The fraction of sp³-hybridized carbons (Fsp3) is 1.00. The van der Waals surface area contributed by atoms with Crippen LogP contribution in [0.1, 0.15) is 0 Å². The van der Waals surface area contributed by atoms with Gasteiger partial charge in [-0.3, -0.25) is 0 Å². The van der Waals surface area contributed by atoms with Gasteiger partial charge in [0.25, 0.3) is 0 Å². The van der Waals surface area contributed by atoms with Crippen molar-refractivity contribution < 1.29 is 24.4 Å². The van der Waals surface area contributed by atoms with Crippen molar-refractivity contribution in [1.82, 2.24) is 0 Å². The zero-order chi connectivity index (χ0) is 10.9. The highest BCUT2D eigenvalue weighted by Crippen LogP contribution is 2.17. The highest BCUT2D eigenvalue weighted by atomic mass is 16.5. The largest absolute Gasteiger partial charge is 0.396 e. The summed E-state index contributed by atoms with van der Waals surface area (Å²) in [7, 11) is 3.12. The van der Waals surface area contributed by atoms with Crippen molar-refractivity contribution in [3.05, 3.63) is 0 Å². The molecule has 86 valence electrons. The van der Waals surface area contributed by atoms with E-state index in [1.165, 1.54) is 0 Å². The highest BCUT2D eigenvalue weighted by molar-refractivity contribution is 4.77. The second kappa shape index (κ2) is 8.14. The topological polar surface area (TPSA) is 68.2 Å². The molecule has 0 unspecified atom stereocenters. The Morgan fingerprint density at radius 1 is 1.00 bits per heavy atom. The minimum Gasteiger partial charge on any atom is -0.396 e. The second-order valence-corrected chi connectivity index (χ2v) is 3.30. The third-order valence-corrected chi connectivity index (χ3v) is 1.88. The molecule has 14 heavy (non-hydrogen) atoms. The first-order valence-corrected chi connectivity index (χ1v) is 4.52. The van der Waals surface area contributed by atoms with E-state index in [0.717, 1.165) is 0 Å². The monoisotopic (exact) mass is 208 g/mol. The predicted octanol–water partition coefficient (Wildman–Crippen LogP) is -0.733. The van der Waals surface area contributed by atoms with Crippen LogP contribution in [0.15, 0.2) is 0 Å². The molecule has 0 spiro atoms. The first kappa shape index (κ1) is 13.8. The van der Waals surface area contributed by atoms with Gasteiger partial charge in [-0.05, 0) is 0 Å². The molecule has 0 saturated heterocycles. The van der Waals surface area contributed by atoms with E-state index >= 15 is 0 Å². The number of methoxy groups -OCH3 is 2. The number of rotatable bonds is 9. The molecule has 0 saturated carbocycles. The van der Waals surface area contributed by atoms with Crippen molar-refractivity contribution in [2.45, 2.75) is 0 Å². The Morgan fingerprint density at radius 3 is 1.93 bits per heavy atom. The summed E-state index contributed by atoms with van der Waals surface area (Å²) in [4.78, 5) is 0. The average Bonchev–Trinajstić information content (AvgIpc) is 2.19. The van der Waals surface area contributed by atoms with Crippen molar-refractivity contribution in [3.63, 3.8) is 0 Å². The van der Waals surface area contributed by atoms with E-state index in [1.54, 1.807) is 14.2 Å². The Kier molecular flexibility index (Phi) is 8.02. The van der Waals surface area contributed by atoms with E-state index in [0.29, 0.717) is 19.8 Å².